The summed E-state index contributed by atoms with van der Waals surface area (Å²) in [6.07, 6.45) is 1.25. The lowest BCUT2D eigenvalue weighted by molar-refractivity contribution is 1.07. The van der Waals surface area contributed by atoms with Gasteiger partial charge >= 0.3 is 0 Å². The maximum atomic E-state index is 10.6. The van der Waals surface area contributed by atoms with E-state index in [1.54, 1.807) is 14.0 Å². The molecule has 4 nitrogen and oxygen atoms in total. The van der Waals surface area contributed by atoms with E-state index in [0.717, 1.165) is 5.69 Å². The molecule has 0 fully saturated rings. The third-order valence-corrected chi connectivity index (χ3v) is 1.21. The number of H-pyrrole nitrogens is 1. The number of aromatic nitrogens is 2. The van der Waals surface area contributed by atoms with Crippen LogP contribution in [0, 0.1) is 6.92 Å². The average molecular weight is 139 g/mol. The van der Waals surface area contributed by atoms with Gasteiger partial charge in [-0.15, -0.1) is 0 Å². The van der Waals surface area contributed by atoms with E-state index in [-0.39, 0.29) is 5.56 Å². The monoisotopic (exact) mass is 139 g/mol. The first-order valence-corrected chi connectivity index (χ1v) is 2.97. The normalized spacial score (nSPS) is 9.40. The summed E-state index contributed by atoms with van der Waals surface area (Å²) in [6, 6.07) is 0. The third kappa shape index (κ3) is 1.15. The molecule has 1 heterocycles. The van der Waals surface area contributed by atoms with Crippen LogP contribution in [0.2, 0.25) is 0 Å². The Kier molecular flexibility index (Phi) is 1.71. The molecule has 0 aliphatic carbocycles. The molecule has 1 aromatic heterocycles. The fourth-order valence-corrected chi connectivity index (χ4v) is 0.748. The average Bonchev–Trinajstić information content (AvgIpc) is 1.88. The summed E-state index contributed by atoms with van der Waals surface area (Å²) in [6.45, 7) is 1.79. The van der Waals surface area contributed by atoms with Crippen molar-refractivity contribution in [2.75, 3.05) is 12.4 Å². The van der Waals surface area contributed by atoms with Crippen molar-refractivity contribution in [2.45, 2.75) is 6.92 Å². The summed E-state index contributed by atoms with van der Waals surface area (Å²) in [4.78, 5) is 17.1. The maximum absolute atomic E-state index is 10.6. The van der Waals surface area contributed by atoms with Gasteiger partial charge in [0.05, 0.1) is 11.9 Å². The molecule has 0 amide bonds. The Balaban J connectivity index is 3.19. The van der Waals surface area contributed by atoms with Crippen molar-refractivity contribution in [3.05, 3.63) is 22.2 Å². The zero-order valence-electron chi connectivity index (χ0n) is 5.93. The first-order valence-electron chi connectivity index (χ1n) is 2.97. The van der Waals surface area contributed by atoms with Crippen molar-refractivity contribution in [1.82, 2.24) is 9.97 Å². The molecule has 1 rings (SSSR count). The first-order chi connectivity index (χ1) is 4.74. The quantitative estimate of drug-likeness (QED) is 0.581. The standard InChI is InChI=1S/C6H9N3O/c1-4-6(7-2)8-3-5(10)9-4/h3H,1-2H3,(H,7,8)(H,9,10). The zero-order valence-corrected chi connectivity index (χ0v) is 5.93. The highest BCUT2D eigenvalue weighted by atomic mass is 16.1. The summed E-state index contributed by atoms with van der Waals surface area (Å²) in [7, 11) is 1.76. The molecule has 0 aliphatic rings. The number of hydrogen-bond acceptors (Lipinski definition) is 3. The minimum absolute atomic E-state index is 0.170. The van der Waals surface area contributed by atoms with E-state index >= 15 is 0 Å². The van der Waals surface area contributed by atoms with Crippen molar-refractivity contribution in [3.8, 4) is 0 Å². The summed E-state index contributed by atoms with van der Waals surface area (Å²) < 4.78 is 0. The van der Waals surface area contributed by atoms with Crippen LogP contribution in [0.1, 0.15) is 5.69 Å². The molecule has 0 atom stereocenters. The van der Waals surface area contributed by atoms with Crippen molar-refractivity contribution in [2.24, 2.45) is 0 Å². The van der Waals surface area contributed by atoms with Crippen LogP contribution < -0.4 is 10.9 Å². The van der Waals surface area contributed by atoms with Crippen LogP contribution in [0.15, 0.2) is 11.0 Å². The molecule has 0 aliphatic heterocycles. The molecule has 4 heteroatoms. The van der Waals surface area contributed by atoms with Gasteiger partial charge in [-0.1, -0.05) is 0 Å². The number of anilines is 1. The van der Waals surface area contributed by atoms with Gasteiger partial charge in [0, 0.05) is 7.05 Å². The van der Waals surface area contributed by atoms with E-state index < -0.39 is 0 Å². The minimum Gasteiger partial charge on any atom is -0.372 e. The van der Waals surface area contributed by atoms with Gasteiger partial charge < -0.3 is 10.3 Å². The van der Waals surface area contributed by atoms with Crippen molar-refractivity contribution in [3.63, 3.8) is 0 Å². The van der Waals surface area contributed by atoms with E-state index in [9.17, 15) is 4.79 Å². The van der Waals surface area contributed by atoms with Gasteiger partial charge in [0.25, 0.3) is 5.56 Å². The molecular weight excluding hydrogens is 130 g/mol. The maximum Gasteiger partial charge on any atom is 0.266 e. The van der Waals surface area contributed by atoms with Crippen LogP contribution in [0.5, 0.6) is 0 Å². The lowest BCUT2D eigenvalue weighted by atomic mass is 10.4. The molecule has 10 heavy (non-hydrogen) atoms. The molecule has 1 aromatic rings. The molecule has 0 radical (unpaired) electrons. The molecule has 0 saturated heterocycles. The summed E-state index contributed by atoms with van der Waals surface area (Å²) >= 11 is 0. The first kappa shape index (κ1) is 6.80. The van der Waals surface area contributed by atoms with Gasteiger partial charge in [0.2, 0.25) is 0 Å². The zero-order chi connectivity index (χ0) is 7.56. The number of hydrogen-bond donors (Lipinski definition) is 2. The van der Waals surface area contributed by atoms with Gasteiger partial charge in [-0.3, -0.25) is 4.79 Å². The smallest absolute Gasteiger partial charge is 0.266 e. The minimum atomic E-state index is -0.170. The number of nitrogens with one attached hydrogen (secondary N) is 2. The summed E-state index contributed by atoms with van der Waals surface area (Å²) in [5, 5.41) is 2.84. The summed E-state index contributed by atoms with van der Waals surface area (Å²) in [5.74, 6) is 0.708. The largest absolute Gasteiger partial charge is 0.372 e. The SMILES string of the molecule is CNc1ncc(=O)[nH]c1C. The highest BCUT2D eigenvalue weighted by molar-refractivity contribution is 5.36. The lowest BCUT2D eigenvalue weighted by Crippen LogP contribution is -2.09. The van der Waals surface area contributed by atoms with E-state index in [1.807, 2.05) is 0 Å². The molecule has 2 N–H and O–H groups in total. The Morgan fingerprint density at radius 1 is 1.70 bits per heavy atom. The van der Waals surface area contributed by atoms with Crippen LogP contribution >= 0.6 is 0 Å². The second-order valence-corrected chi connectivity index (χ2v) is 1.97. The Labute approximate surface area is 58.3 Å². The number of aryl methyl sites for hydroxylation is 1. The van der Waals surface area contributed by atoms with Gasteiger partial charge in [-0.25, -0.2) is 4.98 Å². The van der Waals surface area contributed by atoms with Crippen LogP contribution in [0.4, 0.5) is 5.82 Å². The van der Waals surface area contributed by atoms with Gasteiger partial charge in [0.1, 0.15) is 5.82 Å². The predicted molar refractivity (Wildman–Crippen MR) is 39.1 cm³/mol. The molecule has 0 spiro atoms. The molecule has 0 saturated carbocycles. The number of nitrogens with zero attached hydrogens (tertiary/aromatic N) is 1. The predicted octanol–water partition coefficient (Wildman–Crippen LogP) is 0.120. The molecule has 0 aromatic carbocycles. The topological polar surface area (TPSA) is 57.8 Å². The Morgan fingerprint density at radius 3 is 2.90 bits per heavy atom. The second-order valence-electron chi connectivity index (χ2n) is 1.97. The van der Waals surface area contributed by atoms with Crippen LogP contribution in [-0.2, 0) is 0 Å². The molecule has 54 valence electrons. The second kappa shape index (κ2) is 2.51. The number of aromatic amines is 1. The fraction of sp³-hybridized carbons (Fsp3) is 0.333. The third-order valence-electron chi connectivity index (χ3n) is 1.21. The molecular formula is C6H9N3O. The molecule has 0 unspecified atom stereocenters. The van der Waals surface area contributed by atoms with E-state index in [1.165, 1.54) is 6.20 Å². The fourth-order valence-electron chi connectivity index (χ4n) is 0.748. The van der Waals surface area contributed by atoms with Crippen molar-refractivity contribution in [1.29, 1.82) is 0 Å². The van der Waals surface area contributed by atoms with Crippen LogP contribution in [0.25, 0.3) is 0 Å². The van der Waals surface area contributed by atoms with Gasteiger partial charge in [-0.2, -0.15) is 0 Å². The van der Waals surface area contributed by atoms with Gasteiger partial charge in [-0.05, 0) is 6.92 Å². The Hall–Kier alpha value is -1.32. The van der Waals surface area contributed by atoms with Crippen molar-refractivity contribution >= 4 is 5.82 Å². The lowest BCUT2D eigenvalue weighted by Gasteiger charge is -1.99. The number of rotatable bonds is 1. The molecule has 0 bridgehead atoms. The Bertz CT molecular complexity index is 279. The van der Waals surface area contributed by atoms with Crippen LogP contribution in [-0.4, -0.2) is 17.0 Å². The Morgan fingerprint density at radius 2 is 2.40 bits per heavy atom. The highest BCUT2D eigenvalue weighted by Gasteiger charge is 1.94. The van der Waals surface area contributed by atoms with E-state index in [2.05, 4.69) is 15.3 Å². The van der Waals surface area contributed by atoms with Crippen molar-refractivity contribution < 1.29 is 0 Å². The van der Waals surface area contributed by atoms with E-state index in [4.69, 9.17) is 0 Å². The van der Waals surface area contributed by atoms with E-state index in [0.29, 0.717) is 5.82 Å². The van der Waals surface area contributed by atoms with Crippen LogP contribution in [0.3, 0.4) is 0 Å². The van der Waals surface area contributed by atoms with Gasteiger partial charge in [0.15, 0.2) is 0 Å². The summed E-state index contributed by atoms with van der Waals surface area (Å²) in [5.41, 5.74) is 0.589. The highest BCUT2D eigenvalue weighted by Crippen LogP contribution is 2.00.